The number of nitro benzene ring substituents is 1. The molecular formula is C23H20BrN3O4. The molecule has 158 valence electrons. The monoisotopic (exact) mass is 481 g/mol. The van der Waals surface area contributed by atoms with Gasteiger partial charge in [0.05, 0.1) is 15.1 Å². The Balaban J connectivity index is 1.60. The summed E-state index contributed by atoms with van der Waals surface area (Å²) in [5, 5.41) is 15.0. The second-order valence-electron chi connectivity index (χ2n) is 6.55. The highest BCUT2D eigenvalue weighted by Crippen LogP contribution is 2.29. The van der Waals surface area contributed by atoms with E-state index in [1.54, 1.807) is 0 Å². The smallest absolute Gasteiger partial charge is 0.277 e. The van der Waals surface area contributed by atoms with Crippen LogP contribution in [0.4, 0.5) is 5.69 Å². The molecule has 0 bridgehead atoms. The predicted molar refractivity (Wildman–Crippen MR) is 123 cm³/mol. The van der Waals surface area contributed by atoms with Crippen molar-refractivity contribution in [2.24, 2.45) is 5.10 Å². The Morgan fingerprint density at radius 1 is 1.06 bits per heavy atom. The van der Waals surface area contributed by atoms with E-state index in [2.05, 4.69) is 26.5 Å². The number of carbonyl (C=O) groups is 1. The molecule has 7 nitrogen and oxygen atoms in total. The number of ether oxygens (including phenoxy) is 1. The molecule has 3 aromatic carbocycles. The average molecular weight is 482 g/mol. The molecule has 3 aromatic rings. The van der Waals surface area contributed by atoms with Gasteiger partial charge in [0.15, 0.2) is 6.61 Å². The van der Waals surface area contributed by atoms with Gasteiger partial charge < -0.3 is 4.74 Å². The highest BCUT2D eigenvalue weighted by atomic mass is 79.9. The van der Waals surface area contributed by atoms with E-state index in [-0.39, 0.29) is 12.3 Å². The molecule has 0 aromatic heterocycles. The number of non-ortho nitro benzene ring substituents is 1. The van der Waals surface area contributed by atoms with Gasteiger partial charge in [-0.2, -0.15) is 5.10 Å². The van der Waals surface area contributed by atoms with Crippen molar-refractivity contribution in [2.45, 2.75) is 13.3 Å². The lowest BCUT2D eigenvalue weighted by atomic mass is 10.0. The SMILES string of the molecule is CC/C(=N\NC(=O)COc1ccc([N+](=O)[O-])cc1Br)c1ccc(-c2ccccc2)cc1. The van der Waals surface area contributed by atoms with Crippen molar-refractivity contribution in [3.8, 4) is 16.9 Å². The summed E-state index contributed by atoms with van der Waals surface area (Å²) < 4.78 is 5.81. The first-order valence-electron chi connectivity index (χ1n) is 9.56. The van der Waals surface area contributed by atoms with Gasteiger partial charge in [0.2, 0.25) is 0 Å². The highest BCUT2D eigenvalue weighted by Gasteiger charge is 2.11. The molecule has 0 unspecified atom stereocenters. The first-order chi connectivity index (χ1) is 15.0. The van der Waals surface area contributed by atoms with Gasteiger partial charge in [0, 0.05) is 12.1 Å². The van der Waals surface area contributed by atoms with E-state index >= 15 is 0 Å². The Morgan fingerprint density at radius 2 is 1.74 bits per heavy atom. The second-order valence-corrected chi connectivity index (χ2v) is 7.41. The topological polar surface area (TPSA) is 93.8 Å². The molecule has 0 atom stereocenters. The van der Waals surface area contributed by atoms with Gasteiger partial charge in [-0.3, -0.25) is 14.9 Å². The van der Waals surface area contributed by atoms with E-state index < -0.39 is 10.8 Å². The van der Waals surface area contributed by atoms with E-state index in [1.807, 2.05) is 61.5 Å². The molecule has 0 radical (unpaired) electrons. The van der Waals surface area contributed by atoms with Gasteiger partial charge >= 0.3 is 0 Å². The Kier molecular flexibility index (Phi) is 7.50. The van der Waals surface area contributed by atoms with Crippen molar-refractivity contribution in [1.29, 1.82) is 0 Å². The Bertz CT molecular complexity index is 1100. The fourth-order valence-electron chi connectivity index (χ4n) is 2.86. The number of benzene rings is 3. The maximum absolute atomic E-state index is 12.1. The number of hydrogen-bond donors (Lipinski definition) is 1. The highest BCUT2D eigenvalue weighted by molar-refractivity contribution is 9.10. The predicted octanol–water partition coefficient (Wildman–Crippen LogP) is 5.33. The van der Waals surface area contributed by atoms with Crippen molar-refractivity contribution in [3.63, 3.8) is 0 Å². The summed E-state index contributed by atoms with van der Waals surface area (Å²) in [7, 11) is 0. The molecule has 31 heavy (non-hydrogen) atoms. The van der Waals surface area contributed by atoms with Gasteiger partial charge in [-0.05, 0) is 45.1 Å². The van der Waals surface area contributed by atoms with E-state index in [9.17, 15) is 14.9 Å². The Morgan fingerprint density at radius 3 is 2.35 bits per heavy atom. The zero-order chi connectivity index (χ0) is 22.2. The standard InChI is InChI=1S/C23H20BrN3O4/c1-2-21(18-10-8-17(9-11-18)16-6-4-3-5-7-16)25-26-23(28)15-31-22-13-12-19(27(29)30)14-20(22)24/h3-14H,2,15H2,1H3,(H,26,28)/b25-21+. The third-order valence-corrected chi connectivity index (χ3v) is 5.08. The largest absolute Gasteiger partial charge is 0.483 e. The van der Waals surface area contributed by atoms with Crippen LogP contribution in [-0.4, -0.2) is 23.1 Å². The second kappa shape index (κ2) is 10.5. The molecule has 0 spiro atoms. The van der Waals surface area contributed by atoms with Crippen LogP contribution in [0.2, 0.25) is 0 Å². The van der Waals surface area contributed by atoms with Gasteiger partial charge in [-0.15, -0.1) is 0 Å². The number of nitro groups is 1. The summed E-state index contributed by atoms with van der Waals surface area (Å²) in [6.45, 7) is 1.68. The Hall–Kier alpha value is -3.52. The Labute approximate surface area is 188 Å². The van der Waals surface area contributed by atoms with Gasteiger partial charge in [0.1, 0.15) is 5.75 Å². The van der Waals surface area contributed by atoms with Crippen LogP contribution in [-0.2, 0) is 4.79 Å². The molecule has 0 aliphatic rings. The van der Waals surface area contributed by atoms with Gasteiger partial charge in [0.25, 0.3) is 11.6 Å². The molecule has 0 aliphatic heterocycles. The number of carbonyl (C=O) groups excluding carboxylic acids is 1. The van der Waals surface area contributed by atoms with Crippen LogP contribution in [0.15, 0.2) is 82.4 Å². The van der Waals surface area contributed by atoms with E-state index in [0.717, 1.165) is 22.4 Å². The summed E-state index contributed by atoms with van der Waals surface area (Å²) in [4.78, 5) is 22.4. The summed E-state index contributed by atoms with van der Waals surface area (Å²) >= 11 is 3.20. The number of nitrogens with one attached hydrogen (secondary N) is 1. The molecule has 8 heteroatoms. The number of hydrogen-bond acceptors (Lipinski definition) is 5. The normalized spacial score (nSPS) is 11.1. The third kappa shape index (κ3) is 5.99. The van der Waals surface area contributed by atoms with Crippen molar-refractivity contribution in [3.05, 3.63) is 92.9 Å². The molecule has 1 amide bonds. The molecule has 0 aliphatic carbocycles. The van der Waals surface area contributed by atoms with Crippen molar-refractivity contribution in [1.82, 2.24) is 5.43 Å². The van der Waals surface area contributed by atoms with Crippen molar-refractivity contribution in [2.75, 3.05) is 6.61 Å². The minimum absolute atomic E-state index is 0.0702. The first kappa shape index (κ1) is 22.2. The number of halogens is 1. The lowest BCUT2D eigenvalue weighted by Gasteiger charge is -2.09. The molecule has 3 rings (SSSR count). The average Bonchev–Trinajstić information content (AvgIpc) is 2.79. The minimum Gasteiger partial charge on any atom is -0.483 e. The van der Waals surface area contributed by atoms with Crippen LogP contribution in [0.5, 0.6) is 5.75 Å². The van der Waals surface area contributed by atoms with Gasteiger partial charge in [-0.25, -0.2) is 5.43 Å². The van der Waals surface area contributed by atoms with Crippen LogP contribution in [0.3, 0.4) is 0 Å². The van der Waals surface area contributed by atoms with Crippen LogP contribution in [0, 0.1) is 10.1 Å². The van der Waals surface area contributed by atoms with Crippen LogP contribution in [0.1, 0.15) is 18.9 Å². The molecule has 0 saturated heterocycles. The van der Waals surface area contributed by atoms with Crippen molar-refractivity contribution < 1.29 is 14.5 Å². The van der Waals surface area contributed by atoms with E-state index in [1.165, 1.54) is 18.2 Å². The minimum atomic E-state index is -0.505. The molecule has 0 heterocycles. The summed E-state index contributed by atoms with van der Waals surface area (Å²) in [6.07, 6.45) is 0.639. The van der Waals surface area contributed by atoms with Gasteiger partial charge in [-0.1, -0.05) is 61.5 Å². The molecule has 0 fully saturated rings. The third-order valence-electron chi connectivity index (χ3n) is 4.46. The van der Waals surface area contributed by atoms with E-state index in [4.69, 9.17) is 4.74 Å². The van der Waals surface area contributed by atoms with Crippen molar-refractivity contribution >= 4 is 33.2 Å². The lowest BCUT2D eigenvalue weighted by molar-refractivity contribution is -0.384. The zero-order valence-electron chi connectivity index (χ0n) is 16.7. The quantitative estimate of drug-likeness (QED) is 0.267. The number of nitrogens with zero attached hydrogens (tertiary/aromatic N) is 2. The molecule has 0 saturated carbocycles. The maximum Gasteiger partial charge on any atom is 0.277 e. The maximum atomic E-state index is 12.1. The fraction of sp³-hybridized carbons (Fsp3) is 0.130. The van der Waals surface area contributed by atoms with Crippen LogP contribution >= 0.6 is 15.9 Å². The zero-order valence-corrected chi connectivity index (χ0v) is 18.3. The fourth-order valence-corrected chi connectivity index (χ4v) is 3.34. The number of amides is 1. The molecular weight excluding hydrogens is 462 g/mol. The molecule has 1 N–H and O–H groups in total. The van der Waals surface area contributed by atoms with E-state index in [0.29, 0.717) is 16.6 Å². The van der Waals surface area contributed by atoms with Crippen LogP contribution in [0.25, 0.3) is 11.1 Å². The van der Waals surface area contributed by atoms with Crippen LogP contribution < -0.4 is 10.2 Å². The summed E-state index contributed by atoms with van der Waals surface area (Å²) in [5.74, 6) is -0.103. The number of rotatable bonds is 8. The summed E-state index contributed by atoms with van der Waals surface area (Å²) in [6, 6.07) is 22.1. The first-order valence-corrected chi connectivity index (χ1v) is 10.3. The number of hydrazone groups is 1. The summed E-state index contributed by atoms with van der Waals surface area (Å²) in [5.41, 5.74) is 6.32. The lowest BCUT2D eigenvalue weighted by Crippen LogP contribution is -2.26.